The third kappa shape index (κ3) is 5.48. The van der Waals surface area contributed by atoms with Gasteiger partial charge in [0.2, 0.25) is 0 Å². The number of rotatable bonds is 2. The Balaban J connectivity index is 3.60. The summed E-state index contributed by atoms with van der Waals surface area (Å²) in [6, 6.07) is 0. The Bertz CT molecular complexity index is 102. The zero-order valence-corrected chi connectivity index (χ0v) is 6.78. The molecule has 51 valence electrons. The van der Waals surface area contributed by atoms with Gasteiger partial charge in [0.25, 0.3) is 0 Å². The molecule has 0 aromatic heterocycles. The first-order valence-electron chi connectivity index (χ1n) is 3.18. The smallest absolute Gasteiger partial charge is 0.179 e. The lowest BCUT2D eigenvalue weighted by atomic mass is 9.53. The van der Waals surface area contributed by atoms with Crippen molar-refractivity contribution in [2.75, 3.05) is 7.05 Å². The molecule has 0 unspecified atom stereocenters. The van der Waals surface area contributed by atoms with Gasteiger partial charge in [-0.25, -0.2) is 0 Å². The van der Waals surface area contributed by atoms with Crippen molar-refractivity contribution in [1.29, 1.82) is 0 Å². The third-order valence-corrected chi connectivity index (χ3v) is 0.928. The minimum absolute atomic E-state index is 0.236. The molecule has 1 N–H and O–H groups in total. The zero-order chi connectivity index (χ0) is 7.49. The average Bonchev–Trinajstić information content (AvgIpc) is 1.62. The van der Waals surface area contributed by atoms with Crippen LogP contribution < -0.4 is 5.32 Å². The quantitative estimate of drug-likeness (QED) is 0.551. The maximum atomic E-state index is 3.79. The van der Waals surface area contributed by atoms with E-state index in [0.717, 1.165) is 5.60 Å². The molecule has 0 aliphatic rings. The Hall–Kier alpha value is -0.395. The van der Waals surface area contributed by atoms with E-state index in [-0.39, 0.29) is 5.31 Å². The summed E-state index contributed by atoms with van der Waals surface area (Å²) in [4.78, 5) is 0. The van der Waals surface area contributed by atoms with Crippen LogP contribution in [0.5, 0.6) is 0 Å². The second-order valence-corrected chi connectivity index (χ2v) is 3.29. The standard InChI is InChI=1S/C7H15BN/c1-6(9-5)8-7(2,3)4/h9H,1H2,2-5H3. The van der Waals surface area contributed by atoms with Crippen LogP contribution in [0.2, 0.25) is 5.31 Å². The van der Waals surface area contributed by atoms with Crippen LogP contribution in [0.15, 0.2) is 12.2 Å². The summed E-state index contributed by atoms with van der Waals surface area (Å²) in [6.07, 6.45) is 0. The van der Waals surface area contributed by atoms with E-state index >= 15 is 0 Å². The minimum atomic E-state index is 0.236. The van der Waals surface area contributed by atoms with Crippen LogP contribution in [0.1, 0.15) is 20.8 Å². The first kappa shape index (κ1) is 8.60. The monoisotopic (exact) mass is 124 g/mol. The molecule has 0 aromatic carbocycles. The lowest BCUT2D eigenvalue weighted by molar-refractivity contribution is 0.752. The molecule has 1 radical (unpaired) electrons. The molecule has 9 heavy (non-hydrogen) atoms. The zero-order valence-electron chi connectivity index (χ0n) is 6.78. The Morgan fingerprint density at radius 3 is 2.00 bits per heavy atom. The van der Waals surface area contributed by atoms with Crippen molar-refractivity contribution >= 4 is 7.28 Å². The molecule has 0 aliphatic heterocycles. The van der Waals surface area contributed by atoms with E-state index in [9.17, 15) is 0 Å². The van der Waals surface area contributed by atoms with Crippen LogP contribution in [0, 0.1) is 0 Å². The Kier molecular flexibility index (Phi) is 2.82. The van der Waals surface area contributed by atoms with Gasteiger partial charge in [0.05, 0.1) is 0 Å². The molecule has 0 atom stereocenters. The molecule has 0 aromatic rings. The van der Waals surface area contributed by atoms with E-state index in [4.69, 9.17) is 0 Å². The molecule has 0 aliphatic carbocycles. The summed E-state index contributed by atoms with van der Waals surface area (Å²) in [5.74, 6) is 0. The van der Waals surface area contributed by atoms with E-state index in [1.165, 1.54) is 0 Å². The lowest BCUT2D eigenvalue weighted by Crippen LogP contribution is -2.19. The summed E-state index contributed by atoms with van der Waals surface area (Å²) < 4.78 is 0. The summed E-state index contributed by atoms with van der Waals surface area (Å²) >= 11 is 0. The number of hydrogen-bond acceptors (Lipinski definition) is 1. The SMILES string of the molecule is C=C([B]C(C)(C)C)NC. The van der Waals surface area contributed by atoms with Gasteiger partial charge < -0.3 is 5.32 Å². The van der Waals surface area contributed by atoms with Crippen LogP contribution in [-0.4, -0.2) is 14.3 Å². The van der Waals surface area contributed by atoms with Crippen molar-refractivity contribution in [3.8, 4) is 0 Å². The fraction of sp³-hybridized carbons (Fsp3) is 0.714. The van der Waals surface area contributed by atoms with Crippen molar-refractivity contribution in [3.05, 3.63) is 12.2 Å². The highest BCUT2D eigenvalue weighted by Crippen LogP contribution is 2.21. The minimum Gasteiger partial charge on any atom is -0.400 e. The van der Waals surface area contributed by atoms with Crippen molar-refractivity contribution in [2.24, 2.45) is 0 Å². The average molecular weight is 124 g/mol. The lowest BCUT2D eigenvalue weighted by Gasteiger charge is -2.17. The molecule has 0 spiro atoms. The molecule has 0 amide bonds. The fourth-order valence-electron chi connectivity index (χ4n) is 0.595. The second-order valence-electron chi connectivity index (χ2n) is 3.29. The van der Waals surface area contributed by atoms with E-state index in [1.807, 2.05) is 7.05 Å². The molecule has 0 saturated heterocycles. The van der Waals surface area contributed by atoms with Crippen LogP contribution in [-0.2, 0) is 0 Å². The summed E-state index contributed by atoms with van der Waals surface area (Å²) in [6.45, 7) is 10.2. The number of hydrogen-bond donors (Lipinski definition) is 1. The highest BCUT2D eigenvalue weighted by molar-refractivity contribution is 6.48. The predicted molar refractivity (Wildman–Crippen MR) is 43.7 cm³/mol. The second kappa shape index (κ2) is 2.95. The van der Waals surface area contributed by atoms with Gasteiger partial charge in [0.15, 0.2) is 7.28 Å². The van der Waals surface area contributed by atoms with Crippen molar-refractivity contribution in [2.45, 2.75) is 26.1 Å². The van der Waals surface area contributed by atoms with E-state index in [2.05, 4.69) is 39.9 Å². The summed E-state index contributed by atoms with van der Waals surface area (Å²) in [7, 11) is 3.98. The van der Waals surface area contributed by atoms with Crippen LogP contribution in [0.25, 0.3) is 0 Å². The fourth-order valence-corrected chi connectivity index (χ4v) is 0.595. The highest BCUT2D eigenvalue weighted by Gasteiger charge is 2.12. The van der Waals surface area contributed by atoms with Gasteiger partial charge in [-0.2, -0.15) is 0 Å². The van der Waals surface area contributed by atoms with Crippen LogP contribution >= 0.6 is 0 Å². The topological polar surface area (TPSA) is 12.0 Å². The van der Waals surface area contributed by atoms with Gasteiger partial charge in [0, 0.05) is 7.05 Å². The Morgan fingerprint density at radius 1 is 1.44 bits per heavy atom. The van der Waals surface area contributed by atoms with E-state index in [0.29, 0.717) is 0 Å². The van der Waals surface area contributed by atoms with Crippen molar-refractivity contribution in [1.82, 2.24) is 5.32 Å². The molecule has 0 fully saturated rings. The van der Waals surface area contributed by atoms with Gasteiger partial charge in [-0.15, -0.1) is 0 Å². The largest absolute Gasteiger partial charge is 0.400 e. The molecular formula is C7H15BN. The summed E-state index contributed by atoms with van der Waals surface area (Å²) in [5, 5.41) is 3.21. The van der Waals surface area contributed by atoms with Gasteiger partial charge in [0.1, 0.15) is 0 Å². The molecule has 2 heteroatoms. The van der Waals surface area contributed by atoms with Crippen LogP contribution in [0.3, 0.4) is 0 Å². The normalized spacial score (nSPS) is 10.7. The third-order valence-electron chi connectivity index (χ3n) is 0.928. The van der Waals surface area contributed by atoms with Crippen LogP contribution in [0.4, 0.5) is 0 Å². The molecular weight excluding hydrogens is 109 g/mol. The Labute approximate surface area is 58.8 Å². The van der Waals surface area contributed by atoms with E-state index < -0.39 is 0 Å². The molecule has 0 saturated carbocycles. The molecule has 0 rings (SSSR count). The van der Waals surface area contributed by atoms with Gasteiger partial charge >= 0.3 is 0 Å². The molecule has 0 bridgehead atoms. The van der Waals surface area contributed by atoms with Gasteiger partial charge in [-0.05, 0) is 5.60 Å². The first-order chi connectivity index (χ1) is 3.95. The van der Waals surface area contributed by atoms with Crippen molar-refractivity contribution in [3.63, 3.8) is 0 Å². The first-order valence-corrected chi connectivity index (χ1v) is 3.18. The number of nitrogens with one attached hydrogen (secondary N) is 1. The maximum Gasteiger partial charge on any atom is 0.179 e. The maximum absolute atomic E-state index is 3.79. The molecule has 0 heterocycles. The van der Waals surface area contributed by atoms with Gasteiger partial charge in [-0.3, -0.25) is 0 Å². The van der Waals surface area contributed by atoms with Gasteiger partial charge in [-0.1, -0.05) is 32.7 Å². The summed E-state index contributed by atoms with van der Waals surface area (Å²) in [5.41, 5.74) is 0.988. The molecule has 1 nitrogen and oxygen atoms in total. The predicted octanol–water partition coefficient (Wildman–Crippen LogP) is 1.60. The van der Waals surface area contributed by atoms with Crippen molar-refractivity contribution < 1.29 is 0 Å². The highest BCUT2D eigenvalue weighted by atomic mass is 14.8. The van der Waals surface area contributed by atoms with E-state index in [1.54, 1.807) is 0 Å². The Morgan fingerprint density at radius 2 is 1.89 bits per heavy atom.